The summed E-state index contributed by atoms with van der Waals surface area (Å²) < 4.78 is 10.7. The quantitative estimate of drug-likeness (QED) is 0.793. The Kier molecular flexibility index (Phi) is 3.29. The molecule has 108 valence electrons. The topological polar surface area (TPSA) is 47.1 Å². The highest BCUT2D eigenvalue weighted by Crippen LogP contribution is 2.33. The average molecular weight is 282 g/mol. The Morgan fingerprint density at radius 3 is 2.52 bits per heavy atom. The Bertz CT molecular complexity index is 806. The Morgan fingerprint density at radius 1 is 1.00 bits per heavy atom. The number of benzene rings is 2. The number of ether oxygens (including phenoxy) is 2. The lowest BCUT2D eigenvalue weighted by Gasteiger charge is -2.08. The van der Waals surface area contributed by atoms with Gasteiger partial charge in [-0.1, -0.05) is 6.07 Å². The van der Waals surface area contributed by atoms with E-state index in [0.29, 0.717) is 0 Å². The molecule has 0 saturated carbocycles. The van der Waals surface area contributed by atoms with Gasteiger partial charge in [-0.3, -0.25) is 0 Å². The molecule has 2 aromatic carbocycles. The molecule has 21 heavy (non-hydrogen) atoms. The first kappa shape index (κ1) is 13.5. The zero-order valence-corrected chi connectivity index (χ0v) is 12.7. The van der Waals surface area contributed by atoms with Crippen LogP contribution >= 0.6 is 0 Å². The van der Waals surface area contributed by atoms with Crippen molar-refractivity contribution in [2.75, 3.05) is 14.2 Å². The Hall–Kier alpha value is -2.49. The number of hydrogen-bond acceptors (Lipinski definition) is 3. The van der Waals surface area contributed by atoms with Crippen molar-refractivity contribution in [3.8, 4) is 22.9 Å². The van der Waals surface area contributed by atoms with Crippen LogP contribution in [0.15, 0.2) is 30.3 Å². The van der Waals surface area contributed by atoms with Gasteiger partial charge in [0.25, 0.3) is 0 Å². The molecule has 4 nitrogen and oxygen atoms in total. The van der Waals surface area contributed by atoms with Gasteiger partial charge < -0.3 is 14.5 Å². The Morgan fingerprint density at radius 2 is 1.81 bits per heavy atom. The second kappa shape index (κ2) is 5.13. The first-order chi connectivity index (χ1) is 10.1. The number of aryl methyl sites for hydroxylation is 2. The van der Waals surface area contributed by atoms with Crippen LogP contribution in [0.1, 0.15) is 11.1 Å². The highest BCUT2D eigenvalue weighted by Gasteiger charge is 2.13. The first-order valence-corrected chi connectivity index (χ1v) is 6.81. The van der Waals surface area contributed by atoms with Crippen molar-refractivity contribution in [3.05, 3.63) is 41.5 Å². The lowest BCUT2D eigenvalue weighted by atomic mass is 10.1. The number of imidazole rings is 1. The SMILES string of the molecule is COc1ccc(-c2nc3c(C)cc(C)cc3[nH]2)c(OC)c1. The molecule has 0 radical (unpaired) electrons. The van der Waals surface area contributed by atoms with Gasteiger partial charge in [0, 0.05) is 6.07 Å². The van der Waals surface area contributed by atoms with Gasteiger partial charge >= 0.3 is 0 Å². The standard InChI is InChI=1S/C17H18N2O2/c1-10-7-11(2)16-14(8-10)18-17(19-16)13-6-5-12(20-3)9-15(13)21-4/h5-9H,1-4H3,(H,18,19). The van der Waals surface area contributed by atoms with E-state index in [1.54, 1.807) is 14.2 Å². The molecule has 0 fully saturated rings. The van der Waals surface area contributed by atoms with E-state index in [-0.39, 0.29) is 0 Å². The number of aromatic nitrogens is 2. The van der Waals surface area contributed by atoms with Crippen LogP contribution in [0.2, 0.25) is 0 Å². The van der Waals surface area contributed by atoms with E-state index >= 15 is 0 Å². The van der Waals surface area contributed by atoms with Crippen molar-refractivity contribution in [1.29, 1.82) is 0 Å². The predicted molar refractivity (Wildman–Crippen MR) is 84.1 cm³/mol. The molecule has 1 aromatic heterocycles. The van der Waals surface area contributed by atoms with E-state index in [1.165, 1.54) is 11.1 Å². The number of rotatable bonds is 3. The summed E-state index contributed by atoms with van der Waals surface area (Å²) in [7, 11) is 3.29. The molecule has 0 bridgehead atoms. The van der Waals surface area contributed by atoms with Gasteiger partial charge in [0.2, 0.25) is 0 Å². The monoisotopic (exact) mass is 282 g/mol. The summed E-state index contributed by atoms with van der Waals surface area (Å²) in [6.07, 6.45) is 0. The minimum absolute atomic E-state index is 0.739. The second-order valence-corrected chi connectivity index (χ2v) is 5.13. The largest absolute Gasteiger partial charge is 0.497 e. The molecule has 0 saturated heterocycles. The number of H-pyrrole nitrogens is 1. The zero-order valence-electron chi connectivity index (χ0n) is 12.7. The number of aromatic amines is 1. The van der Waals surface area contributed by atoms with E-state index in [1.807, 2.05) is 18.2 Å². The van der Waals surface area contributed by atoms with Gasteiger partial charge in [0.1, 0.15) is 17.3 Å². The lowest BCUT2D eigenvalue weighted by molar-refractivity contribution is 0.395. The van der Waals surface area contributed by atoms with Crippen molar-refractivity contribution in [1.82, 2.24) is 9.97 Å². The summed E-state index contributed by atoms with van der Waals surface area (Å²) in [6.45, 7) is 4.16. The fourth-order valence-electron chi connectivity index (χ4n) is 2.59. The van der Waals surface area contributed by atoms with Crippen molar-refractivity contribution < 1.29 is 9.47 Å². The fourth-order valence-corrected chi connectivity index (χ4v) is 2.59. The fraction of sp³-hybridized carbons (Fsp3) is 0.235. The molecule has 0 aliphatic carbocycles. The van der Waals surface area contributed by atoms with Crippen molar-refractivity contribution in [3.63, 3.8) is 0 Å². The number of methoxy groups -OCH3 is 2. The van der Waals surface area contributed by atoms with Crippen LogP contribution in [-0.4, -0.2) is 24.2 Å². The minimum atomic E-state index is 0.739. The summed E-state index contributed by atoms with van der Waals surface area (Å²) in [5, 5.41) is 0. The third-order valence-electron chi connectivity index (χ3n) is 3.59. The number of fused-ring (bicyclic) bond motifs is 1. The van der Waals surface area contributed by atoms with E-state index in [2.05, 4.69) is 31.0 Å². The molecule has 3 aromatic rings. The van der Waals surface area contributed by atoms with Gasteiger partial charge in [-0.05, 0) is 43.2 Å². The van der Waals surface area contributed by atoms with Gasteiger partial charge in [-0.15, -0.1) is 0 Å². The highest BCUT2D eigenvalue weighted by molar-refractivity contribution is 5.84. The number of nitrogens with zero attached hydrogens (tertiary/aromatic N) is 1. The molecule has 0 atom stereocenters. The van der Waals surface area contributed by atoms with Crippen LogP contribution in [0, 0.1) is 13.8 Å². The van der Waals surface area contributed by atoms with Crippen molar-refractivity contribution in [2.24, 2.45) is 0 Å². The van der Waals surface area contributed by atoms with E-state index in [4.69, 9.17) is 14.5 Å². The maximum absolute atomic E-state index is 5.45. The maximum Gasteiger partial charge on any atom is 0.142 e. The normalized spacial score (nSPS) is 10.9. The van der Waals surface area contributed by atoms with Gasteiger partial charge in [0.15, 0.2) is 0 Å². The van der Waals surface area contributed by atoms with Crippen LogP contribution in [0.25, 0.3) is 22.4 Å². The van der Waals surface area contributed by atoms with Crippen LogP contribution in [0.4, 0.5) is 0 Å². The molecular formula is C17H18N2O2. The maximum atomic E-state index is 5.45. The van der Waals surface area contributed by atoms with Crippen molar-refractivity contribution >= 4 is 11.0 Å². The summed E-state index contributed by atoms with van der Waals surface area (Å²) in [5.74, 6) is 2.31. The Labute approximate surface area is 123 Å². The molecule has 1 heterocycles. The van der Waals surface area contributed by atoms with Gasteiger partial charge in [0.05, 0.1) is 30.8 Å². The van der Waals surface area contributed by atoms with Gasteiger partial charge in [-0.2, -0.15) is 0 Å². The van der Waals surface area contributed by atoms with Crippen LogP contribution in [0.5, 0.6) is 11.5 Å². The van der Waals surface area contributed by atoms with Crippen molar-refractivity contribution in [2.45, 2.75) is 13.8 Å². The lowest BCUT2D eigenvalue weighted by Crippen LogP contribution is -1.91. The summed E-state index contributed by atoms with van der Waals surface area (Å²) >= 11 is 0. The second-order valence-electron chi connectivity index (χ2n) is 5.13. The van der Waals surface area contributed by atoms with Crippen LogP contribution < -0.4 is 9.47 Å². The molecule has 1 N–H and O–H groups in total. The van der Waals surface area contributed by atoms with E-state index in [0.717, 1.165) is 33.9 Å². The molecule has 0 unspecified atom stereocenters. The average Bonchev–Trinajstić information content (AvgIpc) is 2.90. The van der Waals surface area contributed by atoms with Crippen LogP contribution in [0.3, 0.4) is 0 Å². The summed E-state index contributed by atoms with van der Waals surface area (Å²) in [6, 6.07) is 9.97. The third-order valence-corrected chi connectivity index (χ3v) is 3.59. The number of nitrogens with one attached hydrogen (secondary N) is 1. The third kappa shape index (κ3) is 2.33. The van der Waals surface area contributed by atoms with E-state index in [9.17, 15) is 0 Å². The molecule has 3 rings (SSSR count). The smallest absolute Gasteiger partial charge is 0.142 e. The van der Waals surface area contributed by atoms with Gasteiger partial charge in [-0.25, -0.2) is 4.98 Å². The van der Waals surface area contributed by atoms with E-state index < -0.39 is 0 Å². The predicted octanol–water partition coefficient (Wildman–Crippen LogP) is 3.86. The first-order valence-electron chi connectivity index (χ1n) is 6.81. The molecule has 0 amide bonds. The minimum Gasteiger partial charge on any atom is -0.497 e. The zero-order chi connectivity index (χ0) is 15.0. The molecule has 0 aliphatic rings. The summed E-state index contributed by atoms with van der Waals surface area (Å²) in [4.78, 5) is 8.09. The molecule has 4 heteroatoms. The van der Waals surface area contributed by atoms with Crippen LogP contribution in [-0.2, 0) is 0 Å². The molecule has 0 spiro atoms. The summed E-state index contributed by atoms with van der Waals surface area (Å²) in [5.41, 5.74) is 5.34. The Balaban J connectivity index is 2.18. The molecule has 0 aliphatic heterocycles. The molecular weight excluding hydrogens is 264 g/mol. The number of hydrogen-bond donors (Lipinski definition) is 1. The highest BCUT2D eigenvalue weighted by atomic mass is 16.5.